The van der Waals surface area contributed by atoms with Crippen LogP contribution in [0.5, 0.6) is 0 Å². The predicted molar refractivity (Wildman–Crippen MR) is 87.7 cm³/mol. The first-order valence-electron chi connectivity index (χ1n) is 7.99. The van der Waals surface area contributed by atoms with Gasteiger partial charge in [-0.3, -0.25) is 0 Å². The van der Waals surface area contributed by atoms with Gasteiger partial charge in [-0.2, -0.15) is 0 Å². The van der Waals surface area contributed by atoms with Crippen molar-refractivity contribution in [3.63, 3.8) is 0 Å². The number of rotatable bonds is 13. The minimum absolute atomic E-state index is 0.616. The zero-order valence-corrected chi connectivity index (χ0v) is 14.5. The Balaban J connectivity index is 3.07. The molecule has 0 aliphatic carbocycles. The van der Waals surface area contributed by atoms with Crippen molar-refractivity contribution >= 4 is 15.9 Å². The number of nitrogens with zero attached hydrogens (tertiary/aromatic N) is 1. The van der Waals surface area contributed by atoms with Crippen molar-refractivity contribution in [2.75, 3.05) is 20.1 Å². The van der Waals surface area contributed by atoms with Crippen molar-refractivity contribution in [2.45, 2.75) is 82.9 Å². The van der Waals surface area contributed by atoms with E-state index in [9.17, 15) is 0 Å². The van der Waals surface area contributed by atoms with Crippen molar-refractivity contribution in [3.8, 4) is 0 Å². The van der Waals surface area contributed by atoms with Crippen LogP contribution in [0.2, 0.25) is 0 Å². The number of alkyl halides is 1. The van der Waals surface area contributed by atoms with Gasteiger partial charge < -0.3 is 4.90 Å². The molecule has 0 saturated carbocycles. The second kappa shape index (κ2) is 13.9. The van der Waals surface area contributed by atoms with Gasteiger partial charge in [-0.25, -0.2) is 0 Å². The van der Waals surface area contributed by atoms with Gasteiger partial charge in [-0.1, -0.05) is 87.6 Å². The molecule has 0 bridgehead atoms. The molecule has 2 heteroatoms. The molecule has 110 valence electrons. The molecular formula is C16H34BrN. The minimum atomic E-state index is 0.616. The standard InChI is InChI=1S/C16H34BrN/c1-4-5-6-7-8-9-10-11-12-13-14-18(3)15-16(2)17/h16H,4-15H2,1-3H3. The fraction of sp³-hybridized carbons (Fsp3) is 1.00. The Bertz CT molecular complexity index is 159. The third-order valence-electron chi connectivity index (χ3n) is 3.46. The number of halogens is 1. The first kappa shape index (κ1) is 18.4. The maximum Gasteiger partial charge on any atom is 0.0244 e. The Hall–Kier alpha value is 0.440. The number of hydrogen-bond donors (Lipinski definition) is 0. The fourth-order valence-corrected chi connectivity index (χ4v) is 2.88. The molecule has 0 aromatic heterocycles. The average molecular weight is 320 g/mol. The highest BCUT2D eigenvalue weighted by atomic mass is 79.9. The van der Waals surface area contributed by atoms with Gasteiger partial charge in [0.1, 0.15) is 0 Å². The summed E-state index contributed by atoms with van der Waals surface area (Å²) < 4.78 is 0. The van der Waals surface area contributed by atoms with E-state index in [0.29, 0.717) is 4.83 Å². The first-order valence-corrected chi connectivity index (χ1v) is 8.91. The SMILES string of the molecule is CCCCCCCCCCCCN(C)CC(C)Br. The largest absolute Gasteiger partial charge is 0.305 e. The van der Waals surface area contributed by atoms with E-state index in [1.807, 2.05) is 0 Å². The smallest absolute Gasteiger partial charge is 0.0244 e. The predicted octanol–water partition coefficient (Wildman–Crippen LogP) is 5.62. The van der Waals surface area contributed by atoms with Gasteiger partial charge in [-0.05, 0) is 20.0 Å². The summed E-state index contributed by atoms with van der Waals surface area (Å²) in [6.07, 6.45) is 14.3. The van der Waals surface area contributed by atoms with Crippen LogP contribution in [-0.4, -0.2) is 29.9 Å². The first-order chi connectivity index (χ1) is 8.66. The van der Waals surface area contributed by atoms with Gasteiger partial charge in [0, 0.05) is 11.4 Å². The van der Waals surface area contributed by atoms with Crippen molar-refractivity contribution < 1.29 is 0 Å². The molecule has 0 aromatic carbocycles. The Morgan fingerprint density at radius 1 is 0.833 bits per heavy atom. The van der Waals surface area contributed by atoms with Crippen LogP contribution in [0.3, 0.4) is 0 Å². The quantitative estimate of drug-likeness (QED) is 0.314. The molecule has 1 unspecified atom stereocenters. The summed E-state index contributed by atoms with van der Waals surface area (Å²) in [5, 5.41) is 0. The third kappa shape index (κ3) is 14.5. The molecule has 0 rings (SSSR count). The van der Waals surface area contributed by atoms with E-state index in [2.05, 4.69) is 41.7 Å². The molecule has 0 aromatic rings. The summed E-state index contributed by atoms with van der Waals surface area (Å²) >= 11 is 3.60. The average Bonchev–Trinajstić information content (AvgIpc) is 2.30. The summed E-state index contributed by atoms with van der Waals surface area (Å²) in [7, 11) is 2.23. The minimum Gasteiger partial charge on any atom is -0.305 e. The van der Waals surface area contributed by atoms with E-state index < -0.39 is 0 Å². The summed E-state index contributed by atoms with van der Waals surface area (Å²) in [6.45, 7) is 6.92. The van der Waals surface area contributed by atoms with E-state index in [-0.39, 0.29) is 0 Å². The van der Waals surface area contributed by atoms with Gasteiger partial charge >= 0.3 is 0 Å². The Kier molecular flexibility index (Phi) is 14.2. The fourth-order valence-electron chi connectivity index (χ4n) is 2.39. The van der Waals surface area contributed by atoms with E-state index in [4.69, 9.17) is 0 Å². The summed E-state index contributed by atoms with van der Waals surface area (Å²) in [6, 6.07) is 0. The van der Waals surface area contributed by atoms with Crippen LogP contribution >= 0.6 is 15.9 Å². The highest BCUT2D eigenvalue weighted by Crippen LogP contribution is 2.10. The molecule has 1 atom stereocenters. The van der Waals surface area contributed by atoms with Crippen molar-refractivity contribution in [2.24, 2.45) is 0 Å². The topological polar surface area (TPSA) is 3.24 Å². The van der Waals surface area contributed by atoms with Gasteiger partial charge in [0.2, 0.25) is 0 Å². The maximum atomic E-state index is 3.60. The third-order valence-corrected chi connectivity index (χ3v) is 3.75. The lowest BCUT2D eigenvalue weighted by Crippen LogP contribution is -2.25. The molecule has 0 N–H and O–H groups in total. The lowest BCUT2D eigenvalue weighted by Gasteiger charge is -2.17. The molecule has 0 saturated heterocycles. The number of unbranched alkanes of at least 4 members (excludes halogenated alkanes) is 9. The van der Waals surface area contributed by atoms with Crippen molar-refractivity contribution in [3.05, 3.63) is 0 Å². The van der Waals surface area contributed by atoms with E-state index in [0.717, 1.165) is 6.54 Å². The van der Waals surface area contributed by atoms with Gasteiger partial charge in [0.15, 0.2) is 0 Å². The Morgan fingerprint density at radius 3 is 1.72 bits per heavy atom. The molecule has 0 amide bonds. The van der Waals surface area contributed by atoms with Gasteiger partial charge in [0.05, 0.1) is 0 Å². The lowest BCUT2D eigenvalue weighted by molar-refractivity contribution is 0.329. The van der Waals surface area contributed by atoms with Crippen LogP contribution in [0.4, 0.5) is 0 Å². The molecule has 0 radical (unpaired) electrons. The van der Waals surface area contributed by atoms with E-state index in [1.54, 1.807) is 0 Å². The molecule has 0 heterocycles. The van der Waals surface area contributed by atoms with Gasteiger partial charge in [-0.15, -0.1) is 0 Å². The molecule has 0 aliphatic heterocycles. The second-order valence-corrected chi connectivity index (χ2v) is 7.29. The van der Waals surface area contributed by atoms with Crippen LogP contribution in [0, 0.1) is 0 Å². The second-order valence-electron chi connectivity index (χ2n) is 5.72. The highest BCUT2D eigenvalue weighted by molar-refractivity contribution is 9.09. The Labute approximate surface area is 124 Å². The molecule has 1 nitrogen and oxygen atoms in total. The molecular weight excluding hydrogens is 286 g/mol. The monoisotopic (exact) mass is 319 g/mol. The van der Waals surface area contributed by atoms with E-state index >= 15 is 0 Å². The van der Waals surface area contributed by atoms with Crippen LogP contribution in [-0.2, 0) is 0 Å². The lowest BCUT2D eigenvalue weighted by atomic mass is 10.1. The summed E-state index contributed by atoms with van der Waals surface area (Å²) in [5.74, 6) is 0. The Morgan fingerprint density at radius 2 is 1.28 bits per heavy atom. The molecule has 0 fully saturated rings. The summed E-state index contributed by atoms with van der Waals surface area (Å²) in [5.41, 5.74) is 0. The number of hydrogen-bond acceptors (Lipinski definition) is 1. The molecule has 18 heavy (non-hydrogen) atoms. The van der Waals surface area contributed by atoms with E-state index in [1.165, 1.54) is 70.8 Å². The highest BCUT2D eigenvalue weighted by Gasteiger charge is 2.01. The van der Waals surface area contributed by atoms with Crippen LogP contribution in [0.15, 0.2) is 0 Å². The van der Waals surface area contributed by atoms with Crippen molar-refractivity contribution in [1.29, 1.82) is 0 Å². The van der Waals surface area contributed by atoms with Crippen LogP contribution in [0.1, 0.15) is 78.1 Å². The zero-order chi connectivity index (χ0) is 13.6. The molecule has 0 aliphatic rings. The maximum absolute atomic E-state index is 3.60. The normalized spacial score (nSPS) is 13.2. The molecule has 0 spiro atoms. The summed E-state index contributed by atoms with van der Waals surface area (Å²) in [4.78, 5) is 3.05. The van der Waals surface area contributed by atoms with Crippen LogP contribution in [0.25, 0.3) is 0 Å². The van der Waals surface area contributed by atoms with Crippen LogP contribution < -0.4 is 0 Å². The van der Waals surface area contributed by atoms with Crippen molar-refractivity contribution in [1.82, 2.24) is 4.90 Å². The zero-order valence-electron chi connectivity index (χ0n) is 12.9. The van der Waals surface area contributed by atoms with Gasteiger partial charge in [0.25, 0.3) is 0 Å².